The van der Waals surface area contributed by atoms with Gasteiger partial charge in [0.05, 0.1) is 0 Å². The number of nitrogens with zero attached hydrogens (tertiary/aromatic N) is 1. The first-order valence-electron chi connectivity index (χ1n) is 7.98. The molecule has 0 bridgehead atoms. The molecule has 0 spiro atoms. The molecule has 3 rings (SSSR count). The van der Waals surface area contributed by atoms with E-state index in [4.69, 9.17) is 5.11 Å². The molecule has 0 amide bonds. The standard InChI is InChI=1S/C19H15F4NO3/c1-11-15(8-12-2-5-14(6-3-12)27-19(21,22)23)16-9-13(20)4-7-17(16)24(11)10-18(25)26/h2-7,9H,8,10H2,1H3,(H,25,26). The Morgan fingerprint density at radius 2 is 1.81 bits per heavy atom. The van der Waals surface area contributed by atoms with Gasteiger partial charge in [-0.25, -0.2) is 4.39 Å². The third-order valence-electron chi connectivity index (χ3n) is 4.25. The monoisotopic (exact) mass is 381 g/mol. The van der Waals surface area contributed by atoms with Gasteiger partial charge in [-0.1, -0.05) is 12.1 Å². The van der Waals surface area contributed by atoms with E-state index < -0.39 is 18.1 Å². The van der Waals surface area contributed by atoms with Gasteiger partial charge in [0.15, 0.2) is 0 Å². The van der Waals surface area contributed by atoms with Crippen molar-refractivity contribution >= 4 is 16.9 Å². The lowest BCUT2D eigenvalue weighted by molar-refractivity contribution is -0.274. The molecule has 1 heterocycles. The van der Waals surface area contributed by atoms with Crippen molar-refractivity contribution in [1.29, 1.82) is 0 Å². The van der Waals surface area contributed by atoms with Crippen molar-refractivity contribution in [2.24, 2.45) is 0 Å². The van der Waals surface area contributed by atoms with Gasteiger partial charge in [0, 0.05) is 16.6 Å². The van der Waals surface area contributed by atoms with Crippen LogP contribution in [0.4, 0.5) is 17.6 Å². The Morgan fingerprint density at radius 1 is 1.15 bits per heavy atom. The summed E-state index contributed by atoms with van der Waals surface area (Å²) in [5.74, 6) is -1.81. The summed E-state index contributed by atoms with van der Waals surface area (Å²) in [7, 11) is 0. The minimum atomic E-state index is -4.76. The first-order chi connectivity index (χ1) is 12.6. The number of carbonyl (C=O) groups is 1. The van der Waals surface area contributed by atoms with Crippen molar-refractivity contribution in [2.75, 3.05) is 0 Å². The Labute approximate surface area is 151 Å². The summed E-state index contributed by atoms with van der Waals surface area (Å²) in [6.07, 6.45) is -4.45. The van der Waals surface area contributed by atoms with Gasteiger partial charge in [-0.3, -0.25) is 4.79 Å². The summed E-state index contributed by atoms with van der Waals surface area (Å²) in [6.45, 7) is 1.46. The van der Waals surface area contributed by atoms with Gasteiger partial charge >= 0.3 is 12.3 Å². The molecule has 1 aromatic heterocycles. The van der Waals surface area contributed by atoms with Crippen molar-refractivity contribution in [3.8, 4) is 5.75 Å². The number of carboxylic acids is 1. The van der Waals surface area contributed by atoms with Gasteiger partial charge in [0.2, 0.25) is 0 Å². The number of fused-ring (bicyclic) bond motifs is 1. The van der Waals surface area contributed by atoms with Gasteiger partial charge in [-0.05, 0) is 54.8 Å². The van der Waals surface area contributed by atoms with E-state index in [9.17, 15) is 22.4 Å². The second-order valence-electron chi connectivity index (χ2n) is 6.07. The van der Waals surface area contributed by atoms with Crippen LogP contribution < -0.4 is 4.74 Å². The van der Waals surface area contributed by atoms with Crippen molar-refractivity contribution in [1.82, 2.24) is 4.57 Å². The molecule has 0 atom stereocenters. The summed E-state index contributed by atoms with van der Waals surface area (Å²) in [5.41, 5.74) is 2.65. The maximum atomic E-state index is 13.7. The van der Waals surface area contributed by atoms with Crippen LogP contribution in [0.1, 0.15) is 16.8 Å². The molecular weight excluding hydrogens is 366 g/mol. The number of hydrogen-bond donors (Lipinski definition) is 1. The summed E-state index contributed by atoms with van der Waals surface area (Å²) in [6, 6.07) is 9.49. The molecule has 2 aromatic carbocycles. The highest BCUT2D eigenvalue weighted by Gasteiger charge is 2.31. The Bertz CT molecular complexity index is 991. The summed E-state index contributed by atoms with van der Waals surface area (Å²) >= 11 is 0. The van der Waals surface area contributed by atoms with Crippen LogP contribution in [0.5, 0.6) is 5.75 Å². The highest BCUT2D eigenvalue weighted by molar-refractivity contribution is 5.87. The number of ether oxygens (including phenoxy) is 1. The van der Waals surface area contributed by atoms with E-state index in [1.165, 1.54) is 42.5 Å². The van der Waals surface area contributed by atoms with E-state index in [0.717, 1.165) is 5.56 Å². The van der Waals surface area contributed by atoms with E-state index in [1.54, 1.807) is 11.5 Å². The number of carboxylic acid groups (broad SMARTS) is 1. The summed E-state index contributed by atoms with van der Waals surface area (Å²) < 4.78 is 55.9. The maximum absolute atomic E-state index is 13.7. The lowest BCUT2D eigenvalue weighted by atomic mass is 10.0. The zero-order valence-corrected chi connectivity index (χ0v) is 14.2. The highest BCUT2D eigenvalue weighted by Crippen LogP contribution is 2.30. The third-order valence-corrected chi connectivity index (χ3v) is 4.25. The predicted octanol–water partition coefficient (Wildman–Crippen LogP) is 4.66. The molecule has 1 N–H and O–H groups in total. The lowest BCUT2D eigenvalue weighted by Gasteiger charge is -2.09. The molecule has 0 saturated carbocycles. The topological polar surface area (TPSA) is 51.5 Å². The molecule has 0 unspecified atom stereocenters. The fourth-order valence-electron chi connectivity index (χ4n) is 3.10. The van der Waals surface area contributed by atoms with Crippen molar-refractivity contribution in [2.45, 2.75) is 26.3 Å². The fraction of sp³-hybridized carbons (Fsp3) is 0.211. The van der Waals surface area contributed by atoms with Crippen LogP contribution >= 0.6 is 0 Å². The van der Waals surface area contributed by atoms with E-state index in [-0.39, 0.29) is 12.3 Å². The molecule has 142 valence electrons. The van der Waals surface area contributed by atoms with Crippen LogP contribution in [0.3, 0.4) is 0 Å². The van der Waals surface area contributed by atoms with E-state index in [1.807, 2.05) is 0 Å². The molecule has 0 aliphatic carbocycles. The molecule has 8 heteroatoms. The van der Waals surface area contributed by atoms with Crippen LogP contribution in [0, 0.1) is 12.7 Å². The SMILES string of the molecule is Cc1c(Cc2ccc(OC(F)(F)F)cc2)c2cc(F)ccc2n1CC(=O)O. The number of aromatic nitrogens is 1. The summed E-state index contributed by atoms with van der Waals surface area (Å²) in [5, 5.41) is 9.70. The second-order valence-corrected chi connectivity index (χ2v) is 6.07. The number of hydrogen-bond acceptors (Lipinski definition) is 2. The van der Waals surface area contributed by atoms with Crippen LogP contribution in [0.25, 0.3) is 10.9 Å². The van der Waals surface area contributed by atoms with Crippen LogP contribution in [0.2, 0.25) is 0 Å². The number of rotatable bonds is 5. The number of halogens is 4. The minimum Gasteiger partial charge on any atom is -0.480 e. The third kappa shape index (κ3) is 4.21. The molecular formula is C19H15F4NO3. The van der Waals surface area contributed by atoms with Crippen molar-refractivity contribution in [3.63, 3.8) is 0 Å². The Hall–Kier alpha value is -3.03. The smallest absolute Gasteiger partial charge is 0.480 e. The molecule has 27 heavy (non-hydrogen) atoms. The quantitative estimate of drug-likeness (QED) is 0.654. The Morgan fingerprint density at radius 3 is 2.41 bits per heavy atom. The fourth-order valence-corrected chi connectivity index (χ4v) is 3.10. The molecule has 4 nitrogen and oxygen atoms in total. The molecule has 0 radical (unpaired) electrons. The van der Waals surface area contributed by atoms with Gasteiger partial charge in [0.25, 0.3) is 0 Å². The zero-order valence-electron chi connectivity index (χ0n) is 14.2. The average molecular weight is 381 g/mol. The van der Waals surface area contributed by atoms with Gasteiger partial charge in [-0.15, -0.1) is 13.2 Å². The van der Waals surface area contributed by atoms with Gasteiger partial charge in [-0.2, -0.15) is 0 Å². The Balaban J connectivity index is 1.98. The van der Waals surface area contributed by atoms with Gasteiger partial charge < -0.3 is 14.4 Å². The van der Waals surface area contributed by atoms with Crippen LogP contribution in [-0.4, -0.2) is 22.0 Å². The lowest BCUT2D eigenvalue weighted by Crippen LogP contribution is -2.17. The van der Waals surface area contributed by atoms with Gasteiger partial charge in [0.1, 0.15) is 18.1 Å². The van der Waals surface area contributed by atoms with Crippen LogP contribution in [0.15, 0.2) is 42.5 Å². The molecule has 0 fully saturated rings. The predicted molar refractivity (Wildman–Crippen MR) is 90.2 cm³/mol. The first kappa shape index (κ1) is 18.8. The van der Waals surface area contributed by atoms with E-state index in [2.05, 4.69) is 4.74 Å². The molecule has 0 saturated heterocycles. The Kier molecular flexibility index (Phi) is 4.82. The number of alkyl halides is 3. The number of benzene rings is 2. The number of aliphatic carboxylic acids is 1. The normalized spacial score (nSPS) is 11.7. The van der Waals surface area contributed by atoms with Crippen molar-refractivity contribution in [3.05, 3.63) is 65.1 Å². The summed E-state index contributed by atoms with van der Waals surface area (Å²) in [4.78, 5) is 11.2. The van der Waals surface area contributed by atoms with Crippen molar-refractivity contribution < 1.29 is 32.2 Å². The first-order valence-corrected chi connectivity index (χ1v) is 7.98. The minimum absolute atomic E-state index is 0.272. The second kappa shape index (κ2) is 6.94. The largest absolute Gasteiger partial charge is 0.573 e. The van der Waals surface area contributed by atoms with Crippen LogP contribution in [-0.2, 0) is 17.8 Å². The maximum Gasteiger partial charge on any atom is 0.573 e. The molecule has 3 aromatic rings. The zero-order chi connectivity index (χ0) is 19.8. The average Bonchev–Trinajstić information content (AvgIpc) is 2.80. The highest BCUT2D eigenvalue weighted by atomic mass is 19.4. The van der Waals surface area contributed by atoms with E-state index >= 15 is 0 Å². The molecule has 0 aliphatic rings. The van der Waals surface area contributed by atoms with E-state index in [0.29, 0.717) is 28.6 Å². The molecule has 0 aliphatic heterocycles.